The summed E-state index contributed by atoms with van der Waals surface area (Å²) in [6, 6.07) is 50.1. The van der Waals surface area contributed by atoms with Gasteiger partial charge in [0.1, 0.15) is 11.3 Å². The molecule has 0 saturated carbocycles. The second-order valence-corrected chi connectivity index (χ2v) is 10.7. The van der Waals surface area contributed by atoms with Crippen molar-refractivity contribution in [1.29, 1.82) is 0 Å². The molecule has 0 aliphatic heterocycles. The van der Waals surface area contributed by atoms with Gasteiger partial charge in [-0.3, -0.25) is 4.57 Å². The first kappa shape index (κ1) is 23.7. The Bertz CT molecular complexity index is 2450. The van der Waals surface area contributed by atoms with Crippen LogP contribution in [-0.4, -0.2) is 19.1 Å². The van der Waals surface area contributed by atoms with E-state index in [2.05, 4.69) is 112 Å². The van der Waals surface area contributed by atoms with E-state index in [0.29, 0.717) is 5.89 Å². The third-order valence-electron chi connectivity index (χ3n) is 8.15. The summed E-state index contributed by atoms with van der Waals surface area (Å²) in [7, 11) is 0. The Balaban J connectivity index is 1.29. The number of rotatable bonds is 4. The van der Waals surface area contributed by atoms with Crippen molar-refractivity contribution in [2.24, 2.45) is 0 Å². The first-order valence-electron chi connectivity index (χ1n) is 14.4. The number of hydrogen-bond donors (Lipinski definition) is 0. The van der Waals surface area contributed by atoms with Crippen molar-refractivity contribution in [3.05, 3.63) is 146 Å². The van der Waals surface area contributed by atoms with Gasteiger partial charge in [0.25, 0.3) is 0 Å². The summed E-state index contributed by atoms with van der Waals surface area (Å²) < 4.78 is 11.0. The lowest BCUT2D eigenvalue weighted by Gasteiger charge is -2.12. The van der Waals surface area contributed by atoms with Crippen LogP contribution in [0.4, 0.5) is 0 Å². The van der Waals surface area contributed by atoms with E-state index >= 15 is 0 Å². The smallest absolute Gasteiger partial charge is 0.227 e. The molecule has 5 heteroatoms. The predicted octanol–water partition coefficient (Wildman–Crippen LogP) is 9.60. The van der Waals surface area contributed by atoms with Crippen LogP contribution in [0.1, 0.15) is 0 Å². The SMILES string of the molecule is c1ccc(-c2nc3ccc4c(c5ccccc5n4-c4cccc(-c5nc6ccccc6n5-c5ccccc5)c4)c3o2)cc1. The molecule has 0 fully saturated rings. The molecule has 3 aromatic heterocycles. The fourth-order valence-corrected chi connectivity index (χ4v) is 6.26. The highest BCUT2D eigenvalue weighted by Crippen LogP contribution is 2.39. The molecule has 0 unspecified atom stereocenters. The first-order chi connectivity index (χ1) is 21.3. The van der Waals surface area contributed by atoms with Gasteiger partial charge in [0.05, 0.1) is 27.5 Å². The van der Waals surface area contributed by atoms with Crippen molar-refractivity contribution in [3.8, 4) is 34.2 Å². The number of hydrogen-bond acceptors (Lipinski definition) is 3. The fourth-order valence-electron chi connectivity index (χ4n) is 6.26. The van der Waals surface area contributed by atoms with Gasteiger partial charge in [0.15, 0.2) is 5.58 Å². The van der Waals surface area contributed by atoms with Gasteiger partial charge in [-0.05, 0) is 66.7 Å². The molecule has 0 saturated heterocycles. The molecule has 0 bridgehead atoms. The van der Waals surface area contributed by atoms with Crippen LogP contribution in [0.2, 0.25) is 0 Å². The monoisotopic (exact) mass is 552 g/mol. The molecule has 9 rings (SSSR count). The average molecular weight is 553 g/mol. The van der Waals surface area contributed by atoms with E-state index < -0.39 is 0 Å². The maximum absolute atomic E-state index is 6.48. The lowest BCUT2D eigenvalue weighted by Crippen LogP contribution is -1.99. The standard InChI is InChI=1S/C38H24N4O/c1-3-12-25(13-4-1)38-40-31-22-23-34-35(36(31)43-38)29-18-7-9-20-32(29)41(34)28-17-11-14-26(24-28)37-39-30-19-8-10-21-33(30)42(37)27-15-5-2-6-16-27/h1-24H. The second-order valence-electron chi connectivity index (χ2n) is 10.7. The zero-order valence-electron chi connectivity index (χ0n) is 23.1. The van der Waals surface area contributed by atoms with E-state index in [9.17, 15) is 0 Å². The van der Waals surface area contributed by atoms with Gasteiger partial charge in [-0.15, -0.1) is 0 Å². The molecule has 202 valence electrons. The normalized spacial score (nSPS) is 11.7. The van der Waals surface area contributed by atoms with Crippen molar-refractivity contribution < 1.29 is 4.42 Å². The number of imidazole rings is 1. The summed E-state index contributed by atoms with van der Waals surface area (Å²) >= 11 is 0. The van der Waals surface area contributed by atoms with Gasteiger partial charge >= 0.3 is 0 Å². The van der Waals surface area contributed by atoms with Crippen LogP contribution in [-0.2, 0) is 0 Å². The number of nitrogens with zero attached hydrogens (tertiary/aromatic N) is 4. The molecule has 5 nitrogen and oxygen atoms in total. The number of fused-ring (bicyclic) bond motifs is 6. The number of benzene rings is 6. The Labute approximate surface area is 246 Å². The minimum atomic E-state index is 0.627. The van der Waals surface area contributed by atoms with Gasteiger partial charge < -0.3 is 8.98 Å². The van der Waals surface area contributed by atoms with Gasteiger partial charge in [-0.25, -0.2) is 9.97 Å². The van der Waals surface area contributed by atoms with Crippen LogP contribution >= 0.6 is 0 Å². The second kappa shape index (κ2) is 9.29. The van der Waals surface area contributed by atoms with E-state index in [1.807, 2.05) is 42.5 Å². The first-order valence-corrected chi connectivity index (χ1v) is 14.4. The maximum atomic E-state index is 6.48. The van der Waals surface area contributed by atoms with Crippen LogP contribution in [0.3, 0.4) is 0 Å². The summed E-state index contributed by atoms with van der Waals surface area (Å²) in [5.74, 6) is 1.53. The molecule has 0 spiro atoms. The molecule has 0 amide bonds. The summed E-state index contributed by atoms with van der Waals surface area (Å²) in [5.41, 5.74) is 9.99. The number of oxazole rings is 1. The van der Waals surface area contributed by atoms with Crippen molar-refractivity contribution >= 4 is 43.9 Å². The summed E-state index contributed by atoms with van der Waals surface area (Å²) in [6.07, 6.45) is 0. The Hall–Kier alpha value is -5.94. The lowest BCUT2D eigenvalue weighted by atomic mass is 10.1. The summed E-state index contributed by atoms with van der Waals surface area (Å²) in [5, 5.41) is 2.19. The Kier molecular flexibility index (Phi) is 5.13. The minimum absolute atomic E-state index is 0.627. The molecule has 3 heterocycles. The van der Waals surface area contributed by atoms with E-state index in [0.717, 1.165) is 72.3 Å². The van der Waals surface area contributed by atoms with Crippen molar-refractivity contribution in [3.63, 3.8) is 0 Å². The Morgan fingerprint density at radius 3 is 2.02 bits per heavy atom. The molecule has 0 atom stereocenters. The van der Waals surface area contributed by atoms with E-state index in [-0.39, 0.29) is 0 Å². The maximum Gasteiger partial charge on any atom is 0.227 e. The van der Waals surface area contributed by atoms with Gasteiger partial charge in [0, 0.05) is 27.9 Å². The topological polar surface area (TPSA) is 48.8 Å². The zero-order chi connectivity index (χ0) is 28.3. The van der Waals surface area contributed by atoms with Crippen LogP contribution in [0.15, 0.2) is 150 Å². The molecule has 9 aromatic rings. The molecule has 0 N–H and O–H groups in total. The van der Waals surface area contributed by atoms with Gasteiger partial charge in [0.2, 0.25) is 5.89 Å². The molecule has 0 aliphatic rings. The summed E-state index contributed by atoms with van der Waals surface area (Å²) in [6.45, 7) is 0. The summed E-state index contributed by atoms with van der Waals surface area (Å²) in [4.78, 5) is 9.96. The molecular weight excluding hydrogens is 528 g/mol. The third kappa shape index (κ3) is 3.65. The van der Waals surface area contributed by atoms with Crippen LogP contribution in [0.25, 0.3) is 78.2 Å². The van der Waals surface area contributed by atoms with Crippen LogP contribution in [0, 0.1) is 0 Å². The molecule has 0 radical (unpaired) electrons. The highest BCUT2D eigenvalue weighted by molar-refractivity contribution is 6.19. The van der Waals surface area contributed by atoms with Crippen molar-refractivity contribution in [2.75, 3.05) is 0 Å². The predicted molar refractivity (Wildman–Crippen MR) is 174 cm³/mol. The van der Waals surface area contributed by atoms with Gasteiger partial charge in [-0.1, -0.05) is 78.9 Å². The Morgan fingerprint density at radius 2 is 1.16 bits per heavy atom. The van der Waals surface area contributed by atoms with Crippen molar-refractivity contribution in [2.45, 2.75) is 0 Å². The zero-order valence-corrected chi connectivity index (χ0v) is 23.1. The molecule has 0 aliphatic carbocycles. The largest absolute Gasteiger partial charge is 0.435 e. The number of aromatic nitrogens is 4. The lowest BCUT2D eigenvalue weighted by molar-refractivity contribution is 0.623. The fraction of sp³-hybridized carbons (Fsp3) is 0. The molecule has 43 heavy (non-hydrogen) atoms. The highest BCUT2D eigenvalue weighted by Gasteiger charge is 2.20. The average Bonchev–Trinajstić information content (AvgIpc) is 3.77. The van der Waals surface area contributed by atoms with E-state index in [1.165, 1.54) is 0 Å². The van der Waals surface area contributed by atoms with Crippen LogP contribution < -0.4 is 0 Å². The minimum Gasteiger partial charge on any atom is -0.435 e. The quantitative estimate of drug-likeness (QED) is 0.218. The Morgan fingerprint density at radius 1 is 0.465 bits per heavy atom. The van der Waals surface area contributed by atoms with Gasteiger partial charge in [-0.2, -0.15) is 0 Å². The molecule has 6 aromatic carbocycles. The van der Waals surface area contributed by atoms with Crippen LogP contribution in [0.5, 0.6) is 0 Å². The highest BCUT2D eigenvalue weighted by atomic mass is 16.3. The van der Waals surface area contributed by atoms with Crippen molar-refractivity contribution in [1.82, 2.24) is 19.1 Å². The van der Waals surface area contributed by atoms with E-state index in [4.69, 9.17) is 14.4 Å². The number of para-hydroxylation sites is 4. The van der Waals surface area contributed by atoms with E-state index in [1.54, 1.807) is 0 Å². The molecular formula is C38H24N4O. The third-order valence-corrected chi connectivity index (χ3v) is 8.15.